The van der Waals surface area contributed by atoms with E-state index < -0.39 is 23.7 Å². The number of halogens is 2. The van der Waals surface area contributed by atoms with Crippen LogP contribution in [0, 0.1) is 5.82 Å². The molecule has 2 aromatic carbocycles. The largest absolute Gasteiger partial charge is 0.479 e. The van der Waals surface area contributed by atoms with Crippen LogP contribution in [0.5, 0.6) is 11.5 Å². The van der Waals surface area contributed by atoms with Gasteiger partial charge in [-0.15, -0.1) is 11.3 Å². The van der Waals surface area contributed by atoms with Crippen molar-refractivity contribution < 1.29 is 28.6 Å². The molecule has 0 fully saturated rings. The molecule has 7 nitrogen and oxygen atoms in total. The number of nitrogens with zero attached hydrogens (tertiary/aromatic N) is 1. The summed E-state index contributed by atoms with van der Waals surface area (Å²) in [7, 11) is 0. The van der Waals surface area contributed by atoms with E-state index >= 15 is 0 Å². The first-order chi connectivity index (χ1) is 14.4. The van der Waals surface area contributed by atoms with Crippen molar-refractivity contribution in [1.82, 2.24) is 10.3 Å². The molecule has 1 unspecified atom stereocenters. The summed E-state index contributed by atoms with van der Waals surface area (Å²) in [5, 5.41) is 14.1. The molecule has 30 heavy (non-hydrogen) atoms. The Hall–Kier alpha value is -3.17. The number of carboxylic acids is 1. The summed E-state index contributed by atoms with van der Waals surface area (Å²) in [5.41, 5.74) is 1.38. The number of carbonyl (C=O) groups excluding carboxylic acids is 1. The summed E-state index contributed by atoms with van der Waals surface area (Å²) in [4.78, 5) is 28.4. The number of thiazole rings is 1. The lowest BCUT2D eigenvalue weighted by Crippen LogP contribution is -2.34. The van der Waals surface area contributed by atoms with Gasteiger partial charge in [-0.05, 0) is 35.9 Å². The molecular weight excluding hydrogens is 435 g/mol. The quantitative estimate of drug-likeness (QED) is 0.595. The lowest BCUT2D eigenvalue weighted by Gasteiger charge is -2.15. The zero-order valence-corrected chi connectivity index (χ0v) is 16.8. The molecule has 1 atom stereocenters. The van der Waals surface area contributed by atoms with E-state index in [0.29, 0.717) is 22.2 Å². The molecule has 2 N–H and O–H groups in total. The van der Waals surface area contributed by atoms with Gasteiger partial charge in [-0.2, -0.15) is 0 Å². The van der Waals surface area contributed by atoms with E-state index in [1.807, 2.05) is 6.07 Å². The minimum absolute atomic E-state index is 0.0806. The highest BCUT2D eigenvalue weighted by Gasteiger charge is 2.24. The fraction of sp³-hybridized carbons (Fsp3) is 0.150. The molecule has 0 radical (unpaired) electrons. The van der Waals surface area contributed by atoms with Gasteiger partial charge in [0.25, 0.3) is 0 Å². The molecule has 3 aromatic rings. The fourth-order valence-corrected chi connectivity index (χ4v) is 3.84. The van der Waals surface area contributed by atoms with E-state index in [9.17, 15) is 19.1 Å². The van der Waals surface area contributed by atoms with Crippen LogP contribution in [0.2, 0.25) is 5.02 Å². The molecule has 1 aliphatic heterocycles. The van der Waals surface area contributed by atoms with Crippen molar-refractivity contribution in [2.24, 2.45) is 0 Å². The fourth-order valence-electron chi connectivity index (χ4n) is 2.91. The van der Waals surface area contributed by atoms with Crippen LogP contribution < -0.4 is 14.8 Å². The van der Waals surface area contributed by atoms with E-state index in [4.69, 9.17) is 21.1 Å². The Morgan fingerprint density at radius 2 is 2.03 bits per heavy atom. The van der Waals surface area contributed by atoms with Gasteiger partial charge < -0.3 is 19.9 Å². The number of carbonyl (C=O) groups is 2. The van der Waals surface area contributed by atoms with Crippen LogP contribution >= 0.6 is 22.9 Å². The van der Waals surface area contributed by atoms with Gasteiger partial charge in [-0.1, -0.05) is 17.7 Å². The van der Waals surface area contributed by atoms with Crippen molar-refractivity contribution >= 4 is 34.8 Å². The first-order valence-corrected chi connectivity index (χ1v) is 9.98. The molecule has 1 amide bonds. The van der Waals surface area contributed by atoms with Crippen molar-refractivity contribution in [1.29, 1.82) is 0 Å². The Kier molecular flexibility index (Phi) is 5.56. The molecule has 0 aliphatic carbocycles. The zero-order chi connectivity index (χ0) is 21.3. The minimum Gasteiger partial charge on any atom is -0.479 e. The van der Waals surface area contributed by atoms with Gasteiger partial charge in [-0.3, -0.25) is 4.79 Å². The van der Waals surface area contributed by atoms with Gasteiger partial charge in [0.1, 0.15) is 10.8 Å². The SMILES string of the molecule is O=C(Cc1csc(-c2ccc3c(c2)OCO3)n1)NC(C(=O)O)c1ccc(Cl)c(F)c1. The normalized spacial score (nSPS) is 13.1. The van der Waals surface area contributed by atoms with E-state index in [0.717, 1.165) is 11.6 Å². The van der Waals surface area contributed by atoms with Crippen LogP contribution in [0.25, 0.3) is 10.6 Å². The Morgan fingerprint density at radius 3 is 2.80 bits per heavy atom. The minimum atomic E-state index is -1.41. The molecule has 0 bridgehead atoms. The van der Waals surface area contributed by atoms with Gasteiger partial charge in [0, 0.05) is 10.9 Å². The van der Waals surface area contributed by atoms with Gasteiger partial charge in [0.05, 0.1) is 17.1 Å². The van der Waals surface area contributed by atoms with Gasteiger partial charge >= 0.3 is 5.97 Å². The number of fused-ring (bicyclic) bond motifs is 1. The highest BCUT2D eigenvalue weighted by atomic mass is 35.5. The number of hydrogen-bond donors (Lipinski definition) is 2. The molecule has 1 aromatic heterocycles. The monoisotopic (exact) mass is 448 g/mol. The smallest absolute Gasteiger partial charge is 0.330 e. The standard InChI is InChI=1S/C20H14ClFN2O5S/c21-13-3-1-10(5-14(13)22)18(20(26)27)24-17(25)7-12-8-30-19(23-12)11-2-4-15-16(6-11)29-9-28-15/h1-6,8,18H,7,9H2,(H,24,25)(H,26,27). The first-order valence-electron chi connectivity index (χ1n) is 8.72. The first kappa shape index (κ1) is 20.1. The Bertz CT molecular complexity index is 1140. The molecule has 0 saturated carbocycles. The molecule has 0 saturated heterocycles. The van der Waals surface area contributed by atoms with Crippen LogP contribution in [-0.2, 0) is 16.0 Å². The number of ether oxygens (including phenoxy) is 2. The number of benzene rings is 2. The van der Waals surface area contributed by atoms with Crippen molar-refractivity contribution in [3.63, 3.8) is 0 Å². The summed E-state index contributed by atoms with van der Waals surface area (Å²) in [6, 6.07) is 7.61. The van der Waals surface area contributed by atoms with Crippen molar-refractivity contribution in [3.8, 4) is 22.1 Å². The highest BCUT2D eigenvalue weighted by Crippen LogP contribution is 2.36. The van der Waals surface area contributed by atoms with Gasteiger partial charge in [0.2, 0.25) is 12.7 Å². The number of rotatable bonds is 6. The van der Waals surface area contributed by atoms with Crippen LogP contribution in [0.4, 0.5) is 4.39 Å². The summed E-state index contributed by atoms with van der Waals surface area (Å²) in [5.74, 6) is -1.35. The van der Waals surface area contributed by atoms with E-state index in [-0.39, 0.29) is 23.8 Å². The number of amides is 1. The Morgan fingerprint density at radius 1 is 1.23 bits per heavy atom. The summed E-state index contributed by atoms with van der Waals surface area (Å²) in [6.45, 7) is 0.171. The second-order valence-electron chi connectivity index (χ2n) is 6.40. The Labute approximate surface area is 179 Å². The van der Waals surface area contributed by atoms with Gasteiger partial charge in [-0.25, -0.2) is 14.2 Å². The maximum atomic E-state index is 13.7. The second-order valence-corrected chi connectivity index (χ2v) is 7.67. The highest BCUT2D eigenvalue weighted by molar-refractivity contribution is 7.13. The molecule has 154 valence electrons. The van der Waals surface area contributed by atoms with Crippen molar-refractivity contribution in [3.05, 3.63) is 63.9 Å². The predicted octanol–water partition coefficient (Wildman–Crippen LogP) is 3.82. The maximum absolute atomic E-state index is 13.7. The maximum Gasteiger partial charge on any atom is 0.330 e. The number of hydrogen-bond acceptors (Lipinski definition) is 6. The van der Waals surface area contributed by atoms with Crippen molar-refractivity contribution in [2.45, 2.75) is 12.5 Å². The molecule has 2 heterocycles. The summed E-state index contributed by atoms with van der Waals surface area (Å²) < 4.78 is 24.3. The lowest BCUT2D eigenvalue weighted by molar-refractivity contribution is -0.142. The molecule has 1 aliphatic rings. The van der Waals surface area contributed by atoms with Crippen LogP contribution in [-0.4, -0.2) is 28.8 Å². The van der Waals surface area contributed by atoms with E-state index in [1.54, 1.807) is 17.5 Å². The molecule has 4 rings (SSSR count). The Balaban J connectivity index is 1.46. The number of aliphatic carboxylic acids is 1. The average molecular weight is 449 g/mol. The second kappa shape index (κ2) is 8.29. The number of carboxylic acid groups (broad SMARTS) is 1. The molecule has 10 heteroatoms. The van der Waals surface area contributed by atoms with E-state index in [2.05, 4.69) is 10.3 Å². The van der Waals surface area contributed by atoms with Crippen LogP contribution in [0.15, 0.2) is 41.8 Å². The third-order valence-electron chi connectivity index (χ3n) is 4.34. The molecular formula is C20H14ClFN2O5S. The topological polar surface area (TPSA) is 97.8 Å². The zero-order valence-electron chi connectivity index (χ0n) is 15.2. The summed E-state index contributed by atoms with van der Waals surface area (Å²) >= 11 is 6.98. The average Bonchev–Trinajstić information content (AvgIpc) is 3.36. The third kappa shape index (κ3) is 4.22. The van der Waals surface area contributed by atoms with Crippen LogP contribution in [0.3, 0.4) is 0 Å². The summed E-state index contributed by atoms with van der Waals surface area (Å²) in [6.07, 6.45) is -0.124. The van der Waals surface area contributed by atoms with Gasteiger partial charge in [0.15, 0.2) is 17.5 Å². The lowest BCUT2D eigenvalue weighted by atomic mass is 10.1. The number of nitrogens with one attached hydrogen (secondary N) is 1. The predicted molar refractivity (Wildman–Crippen MR) is 107 cm³/mol. The number of aromatic nitrogens is 1. The van der Waals surface area contributed by atoms with E-state index in [1.165, 1.54) is 23.5 Å². The van der Waals surface area contributed by atoms with Crippen molar-refractivity contribution in [2.75, 3.05) is 6.79 Å². The van der Waals surface area contributed by atoms with Crippen LogP contribution in [0.1, 0.15) is 17.3 Å². The molecule has 0 spiro atoms. The third-order valence-corrected chi connectivity index (χ3v) is 5.59.